The van der Waals surface area contributed by atoms with Gasteiger partial charge in [-0.3, -0.25) is 4.68 Å². The van der Waals surface area contributed by atoms with E-state index in [0.29, 0.717) is 0 Å². The first-order chi connectivity index (χ1) is 7.97. The van der Waals surface area contributed by atoms with Crippen molar-refractivity contribution >= 4 is 0 Å². The van der Waals surface area contributed by atoms with Gasteiger partial charge in [-0.2, -0.15) is 18.3 Å². The average Bonchev–Trinajstić information content (AvgIpc) is 2.68. The zero-order valence-electron chi connectivity index (χ0n) is 8.58. The molecule has 0 bridgehead atoms. The summed E-state index contributed by atoms with van der Waals surface area (Å²) in [6, 6.07) is 4.01. The van der Waals surface area contributed by atoms with Crippen LogP contribution in [0, 0.1) is 5.82 Å². The Morgan fingerprint density at radius 2 is 2.00 bits per heavy atom. The first kappa shape index (κ1) is 11.6. The van der Waals surface area contributed by atoms with Crippen LogP contribution >= 0.6 is 0 Å². The molecule has 0 radical (unpaired) electrons. The molecule has 2 rings (SSSR count). The number of nitrogens with zero attached hydrogens (tertiary/aromatic N) is 2. The van der Waals surface area contributed by atoms with Crippen molar-refractivity contribution in [1.29, 1.82) is 0 Å². The van der Waals surface area contributed by atoms with E-state index < -0.39 is 17.6 Å². The molecule has 90 valence electrons. The van der Waals surface area contributed by atoms with Crippen LogP contribution in [-0.4, -0.2) is 9.78 Å². The lowest BCUT2D eigenvalue weighted by molar-refractivity contribution is -0.138. The van der Waals surface area contributed by atoms with Crippen LogP contribution in [0.4, 0.5) is 17.6 Å². The Labute approximate surface area is 94.5 Å². The molecule has 0 spiro atoms. The van der Waals surface area contributed by atoms with Crippen molar-refractivity contribution in [1.82, 2.24) is 9.78 Å². The molecule has 1 heterocycles. The molecular weight excluding hydrogens is 236 g/mol. The zero-order chi connectivity index (χ0) is 12.5. The van der Waals surface area contributed by atoms with E-state index in [1.54, 1.807) is 6.07 Å². The van der Waals surface area contributed by atoms with Gasteiger partial charge in [0.15, 0.2) is 0 Å². The fourth-order valence-corrected chi connectivity index (χ4v) is 1.54. The van der Waals surface area contributed by atoms with E-state index in [1.807, 2.05) is 0 Å². The van der Waals surface area contributed by atoms with Crippen LogP contribution < -0.4 is 0 Å². The van der Waals surface area contributed by atoms with Gasteiger partial charge < -0.3 is 0 Å². The highest BCUT2D eigenvalue weighted by molar-refractivity contribution is 5.30. The number of halogens is 4. The summed E-state index contributed by atoms with van der Waals surface area (Å²) >= 11 is 0. The number of hydrogen-bond acceptors (Lipinski definition) is 1. The Hall–Kier alpha value is -1.85. The molecule has 0 saturated carbocycles. The van der Waals surface area contributed by atoms with Crippen LogP contribution in [0.1, 0.15) is 11.1 Å². The van der Waals surface area contributed by atoms with E-state index in [-0.39, 0.29) is 12.1 Å². The number of aromatic nitrogens is 2. The first-order valence-corrected chi connectivity index (χ1v) is 4.80. The Morgan fingerprint density at radius 1 is 1.24 bits per heavy atom. The number of alkyl halides is 3. The first-order valence-electron chi connectivity index (χ1n) is 4.80. The van der Waals surface area contributed by atoms with Gasteiger partial charge in [-0.1, -0.05) is 0 Å². The minimum atomic E-state index is -4.49. The molecule has 0 aliphatic heterocycles. The highest BCUT2D eigenvalue weighted by Crippen LogP contribution is 2.32. The molecule has 17 heavy (non-hydrogen) atoms. The molecule has 0 aliphatic rings. The summed E-state index contributed by atoms with van der Waals surface area (Å²) in [5, 5.41) is 3.79. The molecule has 0 atom stereocenters. The molecule has 2 nitrogen and oxygen atoms in total. The monoisotopic (exact) mass is 244 g/mol. The lowest BCUT2D eigenvalue weighted by Gasteiger charge is -2.12. The Morgan fingerprint density at radius 3 is 2.59 bits per heavy atom. The molecule has 0 unspecified atom stereocenters. The van der Waals surface area contributed by atoms with Gasteiger partial charge in [-0.05, 0) is 29.8 Å². The van der Waals surface area contributed by atoms with Gasteiger partial charge in [0.05, 0.1) is 12.1 Å². The number of rotatable bonds is 2. The normalized spacial score (nSPS) is 11.8. The molecule has 6 heteroatoms. The van der Waals surface area contributed by atoms with Crippen molar-refractivity contribution in [3.63, 3.8) is 0 Å². The fourth-order valence-electron chi connectivity index (χ4n) is 1.54. The van der Waals surface area contributed by atoms with Gasteiger partial charge in [0.2, 0.25) is 0 Å². The van der Waals surface area contributed by atoms with E-state index in [1.165, 1.54) is 17.1 Å². The van der Waals surface area contributed by atoms with Crippen LogP contribution in [0.2, 0.25) is 0 Å². The maximum atomic E-state index is 13.0. The molecule has 1 aromatic heterocycles. The minimum Gasteiger partial charge on any atom is -0.268 e. The predicted molar refractivity (Wildman–Crippen MR) is 52.7 cm³/mol. The highest BCUT2D eigenvalue weighted by Gasteiger charge is 2.33. The Bertz CT molecular complexity index is 503. The van der Waals surface area contributed by atoms with E-state index >= 15 is 0 Å². The van der Waals surface area contributed by atoms with Gasteiger partial charge in [-0.15, -0.1) is 0 Å². The summed E-state index contributed by atoms with van der Waals surface area (Å²) in [6.07, 6.45) is -1.52. The maximum Gasteiger partial charge on any atom is 0.416 e. The van der Waals surface area contributed by atoms with E-state index in [4.69, 9.17) is 0 Å². The van der Waals surface area contributed by atoms with Gasteiger partial charge in [0, 0.05) is 12.4 Å². The smallest absolute Gasteiger partial charge is 0.268 e. The minimum absolute atomic E-state index is 0.112. The van der Waals surface area contributed by atoms with E-state index in [0.717, 1.165) is 18.2 Å². The van der Waals surface area contributed by atoms with Crippen molar-refractivity contribution in [2.24, 2.45) is 0 Å². The average molecular weight is 244 g/mol. The quantitative estimate of drug-likeness (QED) is 0.742. The van der Waals surface area contributed by atoms with Crippen molar-refractivity contribution in [3.8, 4) is 0 Å². The molecule has 0 aliphatic carbocycles. The Balaban J connectivity index is 2.40. The summed E-state index contributed by atoms with van der Waals surface area (Å²) in [4.78, 5) is 0. The maximum absolute atomic E-state index is 13.0. The summed E-state index contributed by atoms with van der Waals surface area (Å²) < 4.78 is 52.2. The second-order valence-corrected chi connectivity index (χ2v) is 3.50. The van der Waals surface area contributed by atoms with Crippen molar-refractivity contribution < 1.29 is 17.6 Å². The van der Waals surface area contributed by atoms with Gasteiger partial charge in [0.1, 0.15) is 5.82 Å². The molecule has 0 N–H and O–H groups in total. The SMILES string of the molecule is Fc1ccc(C(F)(F)F)c(Cn2cccn2)c1. The second kappa shape index (κ2) is 4.20. The van der Waals surface area contributed by atoms with Crippen LogP contribution in [0.15, 0.2) is 36.7 Å². The fraction of sp³-hybridized carbons (Fsp3) is 0.182. The van der Waals surface area contributed by atoms with Crippen LogP contribution in [0.25, 0.3) is 0 Å². The third-order valence-corrected chi connectivity index (χ3v) is 2.26. The largest absolute Gasteiger partial charge is 0.416 e. The molecule has 0 amide bonds. The van der Waals surface area contributed by atoms with Crippen molar-refractivity contribution in [3.05, 3.63) is 53.6 Å². The topological polar surface area (TPSA) is 17.8 Å². The predicted octanol–water partition coefficient (Wildman–Crippen LogP) is 3.09. The van der Waals surface area contributed by atoms with Crippen LogP contribution in [0.5, 0.6) is 0 Å². The zero-order valence-corrected chi connectivity index (χ0v) is 8.58. The third kappa shape index (κ3) is 2.64. The lowest BCUT2D eigenvalue weighted by atomic mass is 10.1. The van der Waals surface area contributed by atoms with Gasteiger partial charge in [-0.25, -0.2) is 4.39 Å². The third-order valence-electron chi connectivity index (χ3n) is 2.26. The molecule has 0 fully saturated rings. The summed E-state index contributed by atoms with van der Waals surface area (Å²) in [5.74, 6) is -0.694. The second-order valence-electron chi connectivity index (χ2n) is 3.50. The molecular formula is C11H8F4N2. The lowest BCUT2D eigenvalue weighted by Crippen LogP contribution is -2.12. The summed E-state index contributed by atoms with van der Waals surface area (Å²) in [5.41, 5.74) is -0.976. The van der Waals surface area contributed by atoms with Crippen LogP contribution in [0.3, 0.4) is 0 Å². The van der Waals surface area contributed by atoms with Crippen molar-refractivity contribution in [2.45, 2.75) is 12.7 Å². The van der Waals surface area contributed by atoms with Crippen molar-refractivity contribution in [2.75, 3.05) is 0 Å². The van der Waals surface area contributed by atoms with Gasteiger partial charge in [0.25, 0.3) is 0 Å². The Kier molecular flexibility index (Phi) is 2.87. The number of benzene rings is 1. The molecule has 2 aromatic rings. The number of hydrogen-bond donors (Lipinski definition) is 0. The molecule has 1 aromatic carbocycles. The highest BCUT2D eigenvalue weighted by atomic mass is 19.4. The standard InChI is InChI=1S/C11H8F4N2/c12-9-2-3-10(11(13,14)15)8(6-9)7-17-5-1-4-16-17/h1-6H,7H2. The van der Waals surface area contributed by atoms with Crippen LogP contribution in [-0.2, 0) is 12.7 Å². The van der Waals surface area contributed by atoms with E-state index in [9.17, 15) is 17.6 Å². The van der Waals surface area contributed by atoms with Gasteiger partial charge >= 0.3 is 6.18 Å². The summed E-state index contributed by atoms with van der Waals surface area (Å²) in [6.45, 7) is -0.112. The molecule has 0 saturated heterocycles. The van der Waals surface area contributed by atoms with E-state index in [2.05, 4.69) is 5.10 Å². The summed E-state index contributed by atoms with van der Waals surface area (Å²) in [7, 11) is 0.